The van der Waals surface area contributed by atoms with Gasteiger partial charge < -0.3 is 9.88 Å². The Morgan fingerprint density at radius 3 is 2.85 bits per heavy atom. The maximum atomic E-state index is 13.0. The van der Waals surface area contributed by atoms with Crippen LogP contribution in [0.25, 0.3) is 11.0 Å². The van der Waals surface area contributed by atoms with Gasteiger partial charge in [-0.05, 0) is 37.3 Å². The molecule has 0 saturated carbocycles. The molecule has 0 aliphatic heterocycles. The molecule has 1 heterocycles. The Morgan fingerprint density at radius 1 is 1.35 bits per heavy atom. The Labute approximate surface area is 161 Å². The minimum Gasteiger partial charge on any atom is -0.333 e. The molecule has 1 aromatic heterocycles. The van der Waals surface area contributed by atoms with E-state index in [0.717, 1.165) is 16.7 Å². The number of H-pyrrole nitrogens is 1. The van der Waals surface area contributed by atoms with Crippen LogP contribution in [0, 0.1) is 11.3 Å². The SMILES string of the molecule is CC(Sc1nc2ccc(Cl)cc2[nH]1)C(=O)N(CCC#N)c1ccccc1. The number of amides is 1. The van der Waals surface area contributed by atoms with E-state index in [1.165, 1.54) is 11.8 Å². The Balaban J connectivity index is 1.78. The van der Waals surface area contributed by atoms with Gasteiger partial charge in [0.1, 0.15) is 0 Å². The van der Waals surface area contributed by atoms with Gasteiger partial charge in [-0.3, -0.25) is 4.79 Å². The number of benzene rings is 2. The van der Waals surface area contributed by atoms with Crippen molar-refractivity contribution in [3.63, 3.8) is 0 Å². The largest absolute Gasteiger partial charge is 0.333 e. The number of aromatic nitrogens is 2. The molecular weight excluding hydrogens is 368 g/mol. The van der Waals surface area contributed by atoms with E-state index in [9.17, 15) is 4.79 Å². The topological polar surface area (TPSA) is 72.8 Å². The lowest BCUT2D eigenvalue weighted by Crippen LogP contribution is -2.37. The minimum atomic E-state index is -0.357. The summed E-state index contributed by atoms with van der Waals surface area (Å²) in [6, 6.07) is 16.9. The number of anilines is 1. The van der Waals surface area contributed by atoms with Gasteiger partial charge in [-0.15, -0.1) is 0 Å². The Hall–Kier alpha value is -2.49. The van der Waals surface area contributed by atoms with Crippen molar-refractivity contribution in [2.24, 2.45) is 0 Å². The van der Waals surface area contributed by atoms with E-state index < -0.39 is 0 Å². The molecule has 0 spiro atoms. The van der Waals surface area contributed by atoms with Crippen LogP contribution in [0.4, 0.5) is 5.69 Å². The van der Waals surface area contributed by atoms with Gasteiger partial charge in [0.25, 0.3) is 0 Å². The smallest absolute Gasteiger partial charge is 0.240 e. The Kier molecular flexibility index (Phi) is 5.82. The van der Waals surface area contributed by atoms with Gasteiger partial charge >= 0.3 is 0 Å². The number of halogens is 1. The van der Waals surface area contributed by atoms with Gasteiger partial charge in [-0.2, -0.15) is 5.26 Å². The highest BCUT2D eigenvalue weighted by molar-refractivity contribution is 8.00. The maximum Gasteiger partial charge on any atom is 0.240 e. The average molecular weight is 385 g/mol. The molecule has 5 nitrogen and oxygen atoms in total. The number of para-hydroxylation sites is 1. The number of nitrogens with zero attached hydrogens (tertiary/aromatic N) is 3. The number of carbonyl (C=O) groups is 1. The van der Waals surface area contributed by atoms with E-state index in [4.69, 9.17) is 16.9 Å². The van der Waals surface area contributed by atoms with Crippen LogP contribution in [0.5, 0.6) is 0 Å². The molecule has 26 heavy (non-hydrogen) atoms. The summed E-state index contributed by atoms with van der Waals surface area (Å²) in [7, 11) is 0. The molecule has 3 rings (SSSR count). The first kappa shape index (κ1) is 18.3. The first-order valence-corrected chi connectivity index (χ1v) is 9.39. The van der Waals surface area contributed by atoms with Crippen molar-refractivity contribution in [3.05, 3.63) is 53.6 Å². The lowest BCUT2D eigenvalue weighted by Gasteiger charge is -2.24. The summed E-state index contributed by atoms with van der Waals surface area (Å²) in [5.41, 5.74) is 2.43. The van der Waals surface area contributed by atoms with Crippen LogP contribution in [0.15, 0.2) is 53.7 Å². The van der Waals surface area contributed by atoms with Gasteiger partial charge in [0, 0.05) is 17.3 Å². The molecule has 0 fully saturated rings. The summed E-state index contributed by atoms with van der Waals surface area (Å²) < 4.78 is 0. The third-order valence-electron chi connectivity index (χ3n) is 3.84. The van der Waals surface area contributed by atoms with Crippen molar-refractivity contribution in [2.45, 2.75) is 23.8 Å². The summed E-state index contributed by atoms with van der Waals surface area (Å²) >= 11 is 7.36. The van der Waals surface area contributed by atoms with Gasteiger partial charge in [0.05, 0.1) is 28.8 Å². The van der Waals surface area contributed by atoms with Crippen molar-refractivity contribution >= 4 is 46.0 Å². The number of thioether (sulfide) groups is 1. The molecule has 2 aromatic carbocycles. The highest BCUT2D eigenvalue weighted by atomic mass is 35.5. The first-order valence-electron chi connectivity index (χ1n) is 8.14. The van der Waals surface area contributed by atoms with E-state index in [2.05, 4.69) is 16.0 Å². The lowest BCUT2D eigenvalue weighted by atomic mass is 10.2. The Morgan fingerprint density at radius 2 is 2.12 bits per heavy atom. The van der Waals surface area contributed by atoms with E-state index in [1.54, 1.807) is 11.0 Å². The normalized spacial score (nSPS) is 11.9. The number of nitriles is 1. The standard InChI is InChI=1S/C19H17ClN4OS/c1-13(26-19-22-16-9-8-14(20)12-17(16)23-19)18(25)24(11-5-10-21)15-6-3-2-4-7-15/h2-4,6-9,12-13H,5,11H2,1H3,(H,22,23). The zero-order chi connectivity index (χ0) is 18.5. The van der Waals surface area contributed by atoms with E-state index in [0.29, 0.717) is 16.7 Å². The molecule has 3 aromatic rings. The summed E-state index contributed by atoms with van der Waals surface area (Å²) in [5.74, 6) is -0.0602. The van der Waals surface area contributed by atoms with Crippen LogP contribution in [0.2, 0.25) is 5.02 Å². The fourth-order valence-corrected chi connectivity index (χ4v) is 3.64. The zero-order valence-electron chi connectivity index (χ0n) is 14.1. The number of carbonyl (C=O) groups excluding carboxylic acids is 1. The van der Waals surface area contributed by atoms with Crippen LogP contribution in [-0.4, -0.2) is 27.7 Å². The molecule has 1 atom stereocenters. The number of hydrogen-bond acceptors (Lipinski definition) is 4. The maximum absolute atomic E-state index is 13.0. The van der Waals surface area contributed by atoms with Crippen molar-refractivity contribution in [2.75, 3.05) is 11.4 Å². The second-order valence-electron chi connectivity index (χ2n) is 5.70. The molecule has 1 unspecified atom stereocenters. The zero-order valence-corrected chi connectivity index (χ0v) is 15.7. The average Bonchev–Trinajstić information content (AvgIpc) is 3.04. The third kappa shape index (κ3) is 4.18. The monoisotopic (exact) mass is 384 g/mol. The molecule has 7 heteroatoms. The van der Waals surface area contributed by atoms with Crippen LogP contribution in [0.1, 0.15) is 13.3 Å². The van der Waals surface area contributed by atoms with Gasteiger partial charge in [0.2, 0.25) is 5.91 Å². The van der Waals surface area contributed by atoms with E-state index >= 15 is 0 Å². The van der Waals surface area contributed by atoms with Crippen molar-refractivity contribution in [1.82, 2.24) is 9.97 Å². The highest BCUT2D eigenvalue weighted by Crippen LogP contribution is 2.27. The summed E-state index contributed by atoms with van der Waals surface area (Å²) in [6.07, 6.45) is 0.279. The summed E-state index contributed by atoms with van der Waals surface area (Å²) in [6.45, 7) is 2.20. The molecule has 1 N–H and O–H groups in total. The highest BCUT2D eigenvalue weighted by Gasteiger charge is 2.23. The van der Waals surface area contributed by atoms with Gasteiger partial charge in [0.15, 0.2) is 5.16 Å². The van der Waals surface area contributed by atoms with Gasteiger partial charge in [-0.25, -0.2) is 4.98 Å². The van der Waals surface area contributed by atoms with Crippen LogP contribution < -0.4 is 4.90 Å². The summed E-state index contributed by atoms with van der Waals surface area (Å²) in [5, 5.41) is 9.84. The Bertz CT molecular complexity index is 951. The number of fused-ring (bicyclic) bond motifs is 1. The molecule has 0 saturated heterocycles. The van der Waals surface area contributed by atoms with Crippen molar-refractivity contribution in [1.29, 1.82) is 5.26 Å². The fraction of sp³-hybridized carbons (Fsp3) is 0.211. The second-order valence-corrected chi connectivity index (χ2v) is 7.46. The minimum absolute atomic E-state index is 0.0602. The quantitative estimate of drug-likeness (QED) is 0.628. The fourth-order valence-electron chi connectivity index (χ4n) is 2.59. The van der Waals surface area contributed by atoms with Crippen molar-refractivity contribution in [3.8, 4) is 6.07 Å². The molecular formula is C19H17ClN4OS. The molecule has 1 amide bonds. The molecule has 0 aliphatic rings. The van der Waals surface area contributed by atoms with Crippen LogP contribution in [-0.2, 0) is 4.79 Å². The second kappa shape index (κ2) is 8.26. The summed E-state index contributed by atoms with van der Waals surface area (Å²) in [4.78, 5) is 22.3. The molecule has 132 valence electrons. The lowest BCUT2D eigenvalue weighted by molar-refractivity contribution is -0.117. The first-order chi connectivity index (χ1) is 12.6. The predicted octanol–water partition coefficient (Wildman–Crippen LogP) is 4.64. The molecule has 0 radical (unpaired) electrons. The molecule has 0 aliphatic carbocycles. The van der Waals surface area contributed by atoms with Crippen LogP contribution in [0.3, 0.4) is 0 Å². The van der Waals surface area contributed by atoms with E-state index in [-0.39, 0.29) is 17.6 Å². The van der Waals surface area contributed by atoms with E-state index in [1.807, 2.05) is 49.4 Å². The number of rotatable bonds is 6. The van der Waals surface area contributed by atoms with Crippen molar-refractivity contribution < 1.29 is 4.79 Å². The van der Waals surface area contributed by atoms with Crippen LogP contribution >= 0.6 is 23.4 Å². The predicted molar refractivity (Wildman–Crippen MR) is 105 cm³/mol. The molecule has 0 bridgehead atoms. The third-order valence-corrected chi connectivity index (χ3v) is 5.05. The number of hydrogen-bond donors (Lipinski definition) is 1. The number of aromatic amines is 1. The number of nitrogens with one attached hydrogen (secondary N) is 1. The van der Waals surface area contributed by atoms with Gasteiger partial charge in [-0.1, -0.05) is 41.6 Å². The number of imidazole rings is 1.